The molecular weight excluding hydrogens is 360 g/mol. The fraction of sp³-hybridized carbons (Fsp3) is 0.591. The number of benzene rings is 1. The van der Waals surface area contributed by atoms with E-state index in [1.54, 1.807) is 6.07 Å². The van der Waals surface area contributed by atoms with Crippen molar-refractivity contribution >= 4 is 28.5 Å². The zero-order valence-electron chi connectivity index (χ0n) is 15.5. The van der Waals surface area contributed by atoms with E-state index in [9.17, 15) is 4.79 Å². The Bertz CT molecular complexity index is 969. The molecule has 4 aliphatic heterocycles. The van der Waals surface area contributed by atoms with E-state index < -0.39 is 0 Å². The highest BCUT2D eigenvalue weighted by atomic mass is 35.5. The fourth-order valence-electron chi connectivity index (χ4n) is 6.54. The standard InChI is InChI=1S/C22H25ClN2O2/c23-14-5-8-19-17(11-14)21(26)16-6-7-18-15-4-2-10-24-9-1-3-13(20(15)24)12-25(18)22(16)27-19/h5,8,11,13,15,18,20H,1-4,6-7,9-10,12H2/t13-,15+,18+,20-/m0/s1. The van der Waals surface area contributed by atoms with Crippen molar-refractivity contribution in [3.63, 3.8) is 0 Å². The lowest BCUT2D eigenvalue weighted by Gasteiger charge is -2.58. The monoisotopic (exact) mass is 384 g/mol. The zero-order valence-corrected chi connectivity index (χ0v) is 16.3. The van der Waals surface area contributed by atoms with E-state index in [1.165, 1.54) is 38.8 Å². The average Bonchev–Trinajstić information content (AvgIpc) is 2.69. The Morgan fingerprint density at radius 1 is 1.11 bits per heavy atom. The Morgan fingerprint density at radius 2 is 1.96 bits per heavy atom. The van der Waals surface area contributed by atoms with Gasteiger partial charge in [0.05, 0.1) is 10.9 Å². The molecule has 27 heavy (non-hydrogen) atoms. The Hall–Kier alpha value is -1.52. The fourth-order valence-corrected chi connectivity index (χ4v) is 6.71. The summed E-state index contributed by atoms with van der Waals surface area (Å²) < 4.78 is 6.36. The van der Waals surface area contributed by atoms with Crippen LogP contribution in [0, 0.1) is 11.8 Å². The van der Waals surface area contributed by atoms with Gasteiger partial charge in [0.2, 0.25) is 5.88 Å². The molecule has 0 amide bonds. The Kier molecular flexibility index (Phi) is 3.64. The molecule has 0 aliphatic carbocycles. The molecule has 5 heteroatoms. The Labute approximate surface area is 164 Å². The van der Waals surface area contributed by atoms with E-state index in [-0.39, 0.29) is 5.43 Å². The summed E-state index contributed by atoms with van der Waals surface area (Å²) in [7, 11) is 0. The zero-order chi connectivity index (χ0) is 18.1. The first-order chi connectivity index (χ1) is 13.2. The third kappa shape index (κ3) is 2.35. The molecule has 3 saturated heterocycles. The van der Waals surface area contributed by atoms with Gasteiger partial charge >= 0.3 is 0 Å². The van der Waals surface area contributed by atoms with E-state index in [2.05, 4.69) is 9.80 Å². The van der Waals surface area contributed by atoms with Gasteiger partial charge in [0.25, 0.3) is 0 Å². The maximum absolute atomic E-state index is 13.1. The number of nitrogens with zero attached hydrogens (tertiary/aromatic N) is 2. The molecule has 0 N–H and O–H groups in total. The first kappa shape index (κ1) is 16.4. The van der Waals surface area contributed by atoms with Crippen molar-refractivity contribution in [2.45, 2.75) is 50.6 Å². The number of hydrogen-bond donors (Lipinski definition) is 0. The van der Waals surface area contributed by atoms with Crippen LogP contribution in [0.2, 0.25) is 5.02 Å². The molecule has 1 aromatic heterocycles. The summed E-state index contributed by atoms with van der Waals surface area (Å²) in [6.45, 7) is 3.60. The summed E-state index contributed by atoms with van der Waals surface area (Å²) in [5.41, 5.74) is 1.64. The van der Waals surface area contributed by atoms with E-state index in [4.69, 9.17) is 16.0 Å². The van der Waals surface area contributed by atoms with Gasteiger partial charge in [-0.2, -0.15) is 0 Å². The smallest absolute Gasteiger partial charge is 0.203 e. The number of rotatable bonds is 0. The number of anilines is 1. The molecule has 142 valence electrons. The number of piperidine rings is 3. The Balaban J connectivity index is 1.48. The summed E-state index contributed by atoms with van der Waals surface area (Å²) in [6, 6.07) is 6.68. The normalized spacial score (nSPS) is 32.7. The quantitative estimate of drug-likeness (QED) is 0.686. The topological polar surface area (TPSA) is 36.7 Å². The van der Waals surface area contributed by atoms with Crippen LogP contribution in [0.4, 0.5) is 5.88 Å². The minimum Gasteiger partial charge on any atom is -0.440 e. The minimum absolute atomic E-state index is 0.114. The van der Waals surface area contributed by atoms with Gasteiger partial charge in [-0.1, -0.05) is 11.6 Å². The molecule has 2 aromatic rings. The molecule has 0 saturated carbocycles. The predicted octanol–water partition coefficient (Wildman–Crippen LogP) is 4.07. The number of hydrogen-bond acceptors (Lipinski definition) is 4. The third-order valence-corrected chi connectivity index (χ3v) is 7.78. The van der Waals surface area contributed by atoms with Crippen LogP contribution in [0.3, 0.4) is 0 Å². The second kappa shape index (κ2) is 5.99. The highest BCUT2D eigenvalue weighted by Gasteiger charge is 2.50. The van der Waals surface area contributed by atoms with Crippen molar-refractivity contribution in [3.05, 3.63) is 39.0 Å². The molecule has 0 bridgehead atoms. The molecule has 3 fully saturated rings. The molecule has 1 aromatic carbocycles. The van der Waals surface area contributed by atoms with Gasteiger partial charge in [-0.05, 0) is 81.6 Å². The molecule has 0 unspecified atom stereocenters. The number of halogens is 1. The maximum atomic E-state index is 13.1. The lowest BCUT2D eigenvalue weighted by molar-refractivity contribution is -0.0152. The van der Waals surface area contributed by atoms with Crippen LogP contribution in [0.15, 0.2) is 27.4 Å². The largest absolute Gasteiger partial charge is 0.440 e. The maximum Gasteiger partial charge on any atom is 0.203 e. The SMILES string of the molecule is O=c1c2c(oc3ccc(Cl)cc13)N1C[C@@H]3CCCN4CCC[C@@H]([C@H]34)[C@H]1CC2. The third-order valence-electron chi connectivity index (χ3n) is 7.55. The first-order valence-corrected chi connectivity index (χ1v) is 10.8. The van der Waals surface area contributed by atoms with E-state index in [0.717, 1.165) is 42.8 Å². The summed E-state index contributed by atoms with van der Waals surface area (Å²) in [5, 5.41) is 1.21. The van der Waals surface area contributed by atoms with Crippen molar-refractivity contribution in [1.29, 1.82) is 0 Å². The van der Waals surface area contributed by atoms with Crippen molar-refractivity contribution in [2.24, 2.45) is 11.8 Å². The molecule has 4 aliphatic rings. The minimum atomic E-state index is 0.114. The van der Waals surface area contributed by atoms with Gasteiger partial charge in [-0.15, -0.1) is 0 Å². The average molecular weight is 385 g/mol. The van der Waals surface area contributed by atoms with E-state index in [1.807, 2.05) is 12.1 Å². The molecule has 4 nitrogen and oxygen atoms in total. The molecule has 5 heterocycles. The van der Waals surface area contributed by atoms with Gasteiger partial charge in [0, 0.05) is 23.7 Å². The van der Waals surface area contributed by atoms with Gasteiger partial charge < -0.3 is 9.32 Å². The molecule has 0 spiro atoms. The second-order valence-electron chi connectivity index (χ2n) is 8.85. The van der Waals surface area contributed by atoms with Gasteiger partial charge in [-0.25, -0.2) is 0 Å². The van der Waals surface area contributed by atoms with Crippen molar-refractivity contribution < 1.29 is 4.42 Å². The van der Waals surface area contributed by atoms with Crippen LogP contribution in [-0.2, 0) is 6.42 Å². The lowest BCUT2D eigenvalue weighted by Crippen LogP contribution is -2.65. The summed E-state index contributed by atoms with van der Waals surface area (Å²) in [4.78, 5) is 18.4. The van der Waals surface area contributed by atoms with Crippen molar-refractivity contribution in [1.82, 2.24) is 4.90 Å². The van der Waals surface area contributed by atoms with E-state index in [0.29, 0.717) is 28.0 Å². The van der Waals surface area contributed by atoms with Gasteiger partial charge in [0.15, 0.2) is 5.43 Å². The van der Waals surface area contributed by atoms with Crippen LogP contribution < -0.4 is 10.3 Å². The summed E-state index contributed by atoms with van der Waals surface area (Å²) in [6.07, 6.45) is 7.15. The molecule has 4 atom stereocenters. The molecule has 6 rings (SSSR count). The van der Waals surface area contributed by atoms with Crippen molar-refractivity contribution in [2.75, 3.05) is 24.5 Å². The van der Waals surface area contributed by atoms with Crippen LogP contribution in [0.5, 0.6) is 0 Å². The summed E-state index contributed by atoms with van der Waals surface area (Å²) >= 11 is 6.12. The molecule has 0 radical (unpaired) electrons. The molecular formula is C22H25ClN2O2. The lowest BCUT2D eigenvalue weighted by atomic mass is 9.68. The van der Waals surface area contributed by atoms with Gasteiger partial charge in [0.1, 0.15) is 5.58 Å². The highest BCUT2D eigenvalue weighted by Crippen LogP contribution is 2.47. The van der Waals surface area contributed by atoms with Crippen LogP contribution >= 0.6 is 11.6 Å². The van der Waals surface area contributed by atoms with E-state index >= 15 is 0 Å². The van der Waals surface area contributed by atoms with Crippen LogP contribution in [-0.4, -0.2) is 36.6 Å². The van der Waals surface area contributed by atoms with Crippen LogP contribution in [0.1, 0.15) is 37.7 Å². The Morgan fingerprint density at radius 3 is 2.85 bits per heavy atom. The predicted molar refractivity (Wildman–Crippen MR) is 108 cm³/mol. The van der Waals surface area contributed by atoms with Crippen molar-refractivity contribution in [3.8, 4) is 0 Å². The summed E-state index contributed by atoms with van der Waals surface area (Å²) in [5.74, 6) is 2.28. The van der Waals surface area contributed by atoms with Crippen LogP contribution in [0.25, 0.3) is 11.0 Å². The highest BCUT2D eigenvalue weighted by molar-refractivity contribution is 6.31. The number of fused-ring (bicyclic) bond motifs is 5. The van der Waals surface area contributed by atoms with Gasteiger partial charge in [-0.3, -0.25) is 9.69 Å². The first-order valence-electron chi connectivity index (χ1n) is 10.5. The second-order valence-corrected chi connectivity index (χ2v) is 9.29.